The number of aromatic hydroxyl groups is 1. The van der Waals surface area contributed by atoms with E-state index in [1.807, 2.05) is 0 Å². The number of benzene rings is 2. The molecule has 112 valence electrons. The van der Waals surface area contributed by atoms with Gasteiger partial charge >= 0.3 is 0 Å². The first kappa shape index (κ1) is 15.6. The number of ether oxygens (including phenoxy) is 1. The lowest BCUT2D eigenvalue weighted by molar-refractivity contribution is 0.373. The molecule has 2 aromatic rings. The number of rotatable bonds is 4. The molecule has 0 heterocycles. The Labute approximate surface area is 128 Å². The van der Waals surface area contributed by atoms with Gasteiger partial charge in [0.25, 0.3) is 0 Å². The normalized spacial score (nSPS) is 11.7. The van der Waals surface area contributed by atoms with E-state index in [0.29, 0.717) is 5.56 Å². The minimum Gasteiger partial charge on any atom is -0.504 e. The van der Waals surface area contributed by atoms with Crippen LogP contribution in [0.2, 0.25) is 0 Å². The summed E-state index contributed by atoms with van der Waals surface area (Å²) in [6, 6.07) is 13.8. The van der Waals surface area contributed by atoms with Crippen LogP contribution in [-0.4, -0.2) is 20.6 Å². The molecule has 5 nitrogen and oxygen atoms in total. The van der Waals surface area contributed by atoms with Crippen LogP contribution in [0.25, 0.3) is 6.08 Å². The molecule has 0 spiro atoms. The monoisotopic (exact) mass is 315 g/mol. The first-order valence-electron chi connectivity index (χ1n) is 6.28. The summed E-state index contributed by atoms with van der Waals surface area (Å²) in [6.45, 7) is 0. The van der Waals surface area contributed by atoms with E-state index >= 15 is 0 Å². The van der Waals surface area contributed by atoms with Crippen LogP contribution in [0.1, 0.15) is 5.56 Å². The van der Waals surface area contributed by atoms with Crippen LogP contribution in [0.4, 0.5) is 0 Å². The lowest BCUT2D eigenvalue weighted by Gasteiger charge is -2.05. The Morgan fingerprint density at radius 1 is 1.23 bits per heavy atom. The molecule has 0 atom stereocenters. The molecule has 0 fully saturated rings. The highest BCUT2D eigenvalue weighted by Crippen LogP contribution is 2.28. The summed E-state index contributed by atoms with van der Waals surface area (Å²) in [4.78, 5) is -0.333. The van der Waals surface area contributed by atoms with Crippen molar-refractivity contribution in [3.05, 3.63) is 59.0 Å². The number of phenols is 1. The summed E-state index contributed by atoms with van der Waals surface area (Å²) in [7, 11) is -2.50. The van der Waals surface area contributed by atoms with Gasteiger partial charge in [-0.05, 0) is 35.9 Å². The number of hydrogen-bond acceptors (Lipinski definition) is 5. The topological polar surface area (TPSA) is 87.4 Å². The Morgan fingerprint density at radius 3 is 2.50 bits per heavy atom. The number of nitriles is 1. The van der Waals surface area contributed by atoms with Gasteiger partial charge in [0.05, 0.1) is 12.0 Å². The molecule has 0 saturated heterocycles. The van der Waals surface area contributed by atoms with Gasteiger partial charge in [-0.2, -0.15) is 5.26 Å². The third-order valence-corrected chi connectivity index (χ3v) is 4.64. The number of allylic oxidation sites excluding steroid dienone is 1. The maximum atomic E-state index is 12.4. The number of phenolic OH excluding ortho intramolecular Hbond substituents is 1. The summed E-state index contributed by atoms with van der Waals surface area (Å²) in [5.74, 6) is 0.132. The van der Waals surface area contributed by atoms with Crippen LogP contribution in [0, 0.1) is 11.3 Å². The minimum atomic E-state index is -3.88. The Morgan fingerprint density at radius 2 is 1.91 bits per heavy atom. The Kier molecular flexibility index (Phi) is 4.49. The van der Waals surface area contributed by atoms with E-state index in [2.05, 4.69) is 0 Å². The van der Waals surface area contributed by atoms with Crippen LogP contribution in [-0.2, 0) is 9.84 Å². The molecule has 0 aromatic heterocycles. The Balaban J connectivity index is 2.51. The maximum Gasteiger partial charge on any atom is 0.216 e. The fraction of sp³-hybridized carbons (Fsp3) is 0.0625. The van der Waals surface area contributed by atoms with Crippen LogP contribution >= 0.6 is 0 Å². The lowest BCUT2D eigenvalue weighted by atomic mass is 10.2. The molecule has 0 aliphatic rings. The molecule has 2 aromatic carbocycles. The van der Waals surface area contributed by atoms with Gasteiger partial charge < -0.3 is 9.84 Å². The molecule has 0 bridgehead atoms. The number of methoxy groups -OCH3 is 1. The second-order valence-electron chi connectivity index (χ2n) is 4.37. The van der Waals surface area contributed by atoms with Crippen LogP contribution in [0.15, 0.2) is 58.3 Å². The fourth-order valence-corrected chi connectivity index (χ4v) is 3.01. The van der Waals surface area contributed by atoms with Crippen molar-refractivity contribution < 1.29 is 18.3 Å². The molecule has 0 aliphatic carbocycles. The highest BCUT2D eigenvalue weighted by atomic mass is 32.2. The van der Waals surface area contributed by atoms with Crippen molar-refractivity contribution >= 4 is 15.9 Å². The predicted molar refractivity (Wildman–Crippen MR) is 81.9 cm³/mol. The molecule has 2 rings (SSSR count). The van der Waals surface area contributed by atoms with E-state index in [1.165, 1.54) is 43.5 Å². The van der Waals surface area contributed by atoms with Gasteiger partial charge in [-0.3, -0.25) is 0 Å². The first-order valence-corrected chi connectivity index (χ1v) is 7.76. The largest absolute Gasteiger partial charge is 0.504 e. The van der Waals surface area contributed by atoms with Gasteiger partial charge in [0.1, 0.15) is 11.0 Å². The SMILES string of the molecule is COc1cc(/C=C(\C#N)S(=O)(=O)c2ccccc2)ccc1O. The van der Waals surface area contributed by atoms with Gasteiger partial charge in [0, 0.05) is 0 Å². The van der Waals surface area contributed by atoms with Crippen LogP contribution in [0.3, 0.4) is 0 Å². The van der Waals surface area contributed by atoms with E-state index in [4.69, 9.17) is 4.74 Å². The summed E-state index contributed by atoms with van der Waals surface area (Å²) in [5.41, 5.74) is 0.436. The van der Waals surface area contributed by atoms with Gasteiger partial charge in [0.2, 0.25) is 9.84 Å². The molecule has 1 N–H and O–H groups in total. The second-order valence-corrected chi connectivity index (χ2v) is 6.29. The summed E-state index contributed by atoms with van der Waals surface area (Å²) in [5, 5.41) is 18.7. The van der Waals surface area contributed by atoms with Gasteiger partial charge in [0.15, 0.2) is 11.5 Å². The van der Waals surface area contributed by atoms with Crippen LogP contribution < -0.4 is 4.74 Å². The zero-order chi connectivity index (χ0) is 16.2. The molecule has 6 heteroatoms. The summed E-state index contributed by atoms with van der Waals surface area (Å²) < 4.78 is 29.8. The van der Waals surface area contributed by atoms with E-state index in [-0.39, 0.29) is 21.3 Å². The quantitative estimate of drug-likeness (QED) is 0.877. The molecular weight excluding hydrogens is 302 g/mol. The van der Waals surface area contributed by atoms with Crippen LogP contribution in [0.5, 0.6) is 11.5 Å². The standard InChI is InChI=1S/C16H13NO4S/c1-21-16-10-12(7-8-15(16)18)9-14(11-17)22(19,20)13-5-3-2-4-6-13/h2-10,18H,1H3/b14-9+. The molecular formula is C16H13NO4S. The van der Waals surface area contributed by atoms with Crippen molar-refractivity contribution in [3.8, 4) is 17.6 Å². The van der Waals surface area contributed by atoms with Crippen molar-refractivity contribution in [3.63, 3.8) is 0 Å². The lowest BCUT2D eigenvalue weighted by Crippen LogP contribution is -2.03. The second kappa shape index (κ2) is 6.33. The Hall–Kier alpha value is -2.78. The minimum absolute atomic E-state index is 0.0496. The molecule has 0 aliphatic heterocycles. The van der Waals surface area contributed by atoms with Crippen molar-refractivity contribution in [2.75, 3.05) is 7.11 Å². The number of sulfone groups is 1. The number of nitrogens with zero attached hydrogens (tertiary/aromatic N) is 1. The molecule has 0 unspecified atom stereocenters. The molecule has 22 heavy (non-hydrogen) atoms. The highest BCUT2D eigenvalue weighted by Gasteiger charge is 2.20. The molecule has 0 saturated carbocycles. The van der Waals surface area contributed by atoms with Gasteiger partial charge in [-0.25, -0.2) is 8.42 Å². The summed E-state index contributed by atoms with van der Waals surface area (Å²) in [6.07, 6.45) is 1.24. The van der Waals surface area contributed by atoms with Gasteiger partial charge in [-0.15, -0.1) is 0 Å². The zero-order valence-electron chi connectivity index (χ0n) is 11.7. The molecule has 0 radical (unpaired) electrons. The smallest absolute Gasteiger partial charge is 0.216 e. The van der Waals surface area contributed by atoms with Crippen molar-refractivity contribution in [1.82, 2.24) is 0 Å². The predicted octanol–water partition coefficient (Wildman–Crippen LogP) is 2.74. The fourth-order valence-electron chi connectivity index (χ4n) is 1.83. The maximum absolute atomic E-state index is 12.4. The van der Waals surface area contributed by atoms with E-state index in [0.717, 1.165) is 0 Å². The third kappa shape index (κ3) is 3.10. The van der Waals surface area contributed by atoms with Crippen molar-refractivity contribution in [1.29, 1.82) is 5.26 Å². The average Bonchev–Trinajstić information content (AvgIpc) is 2.54. The molecule has 0 amide bonds. The van der Waals surface area contributed by atoms with E-state index < -0.39 is 9.84 Å². The van der Waals surface area contributed by atoms with Gasteiger partial charge in [-0.1, -0.05) is 24.3 Å². The highest BCUT2D eigenvalue weighted by molar-refractivity contribution is 7.95. The first-order chi connectivity index (χ1) is 10.5. The Bertz CT molecular complexity index is 849. The zero-order valence-corrected chi connectivity index (χ0v) is 12.5. The number of hydrogen-bond donors (Lipinski definition) is 1. The summed E-state index contributed by atoms with van der Waals surface area (Å²) >= 11 is 0. The van der Waals surface area contributed by atoms with E-state index in [9.17, 15) is 18.8 Å². The van der Waals surface area contributed by atoms with Crippen molar-refractivity contribution in [2.24, 2.45) is 0 Å². The van der Waals surface area contributed by atoms with Crippen molar-refractivity contribution in [2.45, 2.75) is 4.90 Å². The average molecular weight is 315 g/mol. The third-order valence-electron chi connectivity index (χ3n) is 2.95. The van der Waals surface area contributed by atoms with E-state index in [1.54, 1.807) is 24.3 Å².